The van der Waals surface area contributed by atoms with E-state index in [4.69, 9.17) is 9.47 Å². The minimum Gasteiger partial charge on any atom is -0.486 e. The van der Waals surface area contributed by atoms with E-state index >= 15 is 0 Å². The van der Waals surface area contributed by atoms with E-state index in [0.29, 0.717) is 31.3 Å². The SMILES string of the molecule is CC(C)(CN1CCCCC1)NC(=O)[C@@H]1CC(=O)N(c2ccc3c(c2)OCCO3)C1. The van der Waals surface area contributed by atoms with E-state index in [1.54, 1.807) is 4.90 Å². The molecule has 1 aromatic rings. The van der Waals surface area contributed by atoms with Gasteiger partial charge in [-0.05, 0) is 51.9 Å². The highest BCUT2D eigenvalue weighted by Crippen LogP contribution is 2.36. The number of fused-ring (bicyclic) bond motifs is 1. The third kappa shape index (κ3) is 4.66. The van der Waals surface area contributed by atoms with Crippen LogP contribution in [0.1, 0.15) is 39.5 Å². The van der Waals surface area contributed by atoms with Crippen LogP contribution in [0.5, 0.6) is 11.5 Å². The zero-order chi connectivity index (χ0) is 20.4. The lowest BCUT2D eigenvalue weighted by Gasteiger charge is -2.36. The molecule has 2 amide bonds. The first-order valence-corrected chi connectivity index (χ1v) is 10.7. The molecule has 7 nitrogen and oxygen atoms in total. The minimum atomic E-state index is -0.337. The maximum Gasteiger partial charge on any atom is 0.227 e. The Labute approximate surface area is 172 Å². The molecule has 0 bridgehead atoms. The van der Waals surface area contributed by atoms with Crippen molar-refractivity contribution in [3.63, 3.8) is 0 Å². The average Bonchev–Trinajstić information content (AvgIpc) is 3.09. The molecule has 0 spiro atoms. The van der Waals surface area contributed by atoms with E-state index < -0.39 is 0 Å². The first kappa shape index (κ1) is 20.0. The van der Waals surface area contributed by atoms with Gasteiger partial charge in [0.25, 0.3) is 0 Å². The number of benzene rings is 1. The number of rotatable bonds is 5. The van der Waals surface area contributed by atoms with Crippen molar-refractivity contribution >= 4 is 17.5 Å². The zero-order valence-corrected chi connectivity index (χ0v) is 17.4. The Hall–Kier alpha value is -2.28. The molecular weight excluding hydrogens is 370 g/mol. The predicted octanol–water partition coefficient (Wildman–Crippen LogP) is 2.19. The van der Waals surface area contributed by atoms with Gasteiger partial charge in [-0.15, -0.1) is 0 Å². The molecular formula is C22H31N3O4. The Morgan fingerprint density at radius 2 is 1.86 bits per heavy atom. The molecule has 3 aliphatic heterocycles. The highest BCUT2D eigenvalue weighted by Gasteiger charge is 2.37. The standard InChI is InChI=1S/C22H31N3O4/c1-22(2,15-24-8-4-3-5-9-24)23-21(27)16-12-20(26)25(14-16)17-6-7-18-19(13-17)29-11-10-28-18/h6-7,13,16H,3-5,8-12,14-15H2,1-2H3,(H,23,27)/t16-/m1/s1. The fraction of sp³-hybridized carbons (Fsp3) is 0.636. The van der Waals surface area contributed by atoms with E-state index in [0.717, 1.165) is 25.3 Å². The van der Waals surface area contributed by atoms with Gasteiger partial charge in [-0.25, -0.2) is 0 Å². The summed E-state index contributed by atoms with van der Waals surface area (Å²) in [5, 5.41) is 3.18. The van der Waals surface area contributed by atoms with Crippen molar-refractivity contribution in [1.29, 1.82) is 0 Å². The van der Waals surface area contributed by atoms with Crippen LogP contribution in [0.4, 0.5) is 5.69 Å². The summed E-state index contributed by atoms with van der Waals surface area (Å²) < 4.78 is 11.2. The summed E-state index contributed by atoms with van der Waals surface area (Å²) in [5.74, 6) is 0.935. The zero-order valence-electron chi connectivity index (χ0n) is 17.4. The van der Waals surface area contributed by atoms with Gasteiger partial charge in [-0.2, -0.15) is 0 Å². The molecule has 2 fully saturated rings. The molecule has 4 rings (SSSR count). The van der Waals surface area contributed by atoms with Crippen molar-refractivity contribution in [3.8, 4) is 11.5 Å². The molecule has 7 heteroatoms. The van der Waals surface area contributed by atoms with Crippen LogP contribution in [0, 0.1) is 5.92 Å². The van der Waals surface area contributed by atoms with Gasteiger partial charge in [0.2, 0.25) is 11.8 Å². The first-order chi connectivity index (χ1) is 13.9. The number of carbonyl (C=O) groups excluding carboxylic acids is 2. The number of anilines is 1. The quantitative estimate of drug-likeness (QED) is 0.819. The van der Waals surface area contributed by atoms with E-state index in [-0.39, 0.29) is 29.7 Å². The van der Waals surface area contributed by atoms with Crippen LogP contribution in [-0.4, -0.2) is 61.6 Å². The van der Waals surface area contributed by atoms with Gasteiger partial charge in [-0.1, -0.05) is 6.42 Å². The molecule has 0 radical (unpaired) electrons. The minimum absolute atomic E-state index is 0.0318. The average molecular weight is 402 g/mol. The van der Waals surface area contributed by atoms with E-state index in [1.807, 2.05) is 18.2 Å². The van der Waals surface area contributed by atoms with Gasteiger partial charge in [0.15, 0.2) is 11.5 Å². The van der Waals surface area contributed by atoms with Crippen LogP contribution in [0.25, 0.3) is 0 Å². The van der Waals surface area contributed by atoms with Crippen LogP contribution < -0.4 is 19.7 Å². The fourth-order valence-electron chi connectivity index (χ4n) is 4.48. The van der Waals surface area contributed by atoms with Gasteiger partial charge < -0.3 is 24.6 Å². The number of piperidine rings is 1. The second-order valence-electron chi connectivity index (χ2n) is 8.94. The number of nitrogens with one attached hydrogen (secondary N) is 1. The summed E-state index contributed by atoms with van der Waals surface area (Å²) in [6.07, 6.45) is 3.99. The highest BCUT2D eigenvalue weighted by molar-refractivity contribution is 6.00. The number of hydrogen-bond acceptors (Lipinski definition) is 5. The molecule has 158 valence electrons. The third-order valence-corrected chi connectivity index (χ3v) is 5.86. The van der Waals surface area contributed by atoms with Gasteiger partial charge in [0.1, 0.15) is 13.2 Å². The molecule has 0 saturated carbocycles. The van der Waals surface area contributed by atoms with Crippen LogP contribution >= 0.6 is 0 Å². The largest absolute Gasteiger partial charge is 0.486 e. The number of ether oxygens (including phenoxy) is 2. The Kier molecular flexibility index (Phi) is 5.67. The number of carbonyl (C=O) groups is 2. The molecule has 0 aromatic heterocycles. The lowest BCUT2D eigenvalue weighted by atomic mass is 10.00. The maximum atomic E-state index is 12.9. The van der Waals surface area contributed by atoms with E-state index in [1.165, 1.54) is 19.3 Å². The topological polar surface area (TPSA) is 71.1 Å². The summed E-state index contributed by atoms with van der Waals surface area (Å²) in [7, 11) is 0. The van der Waals surface area contributed by atoms with Gasteiger partial charge in [-0.3, -0.25) is 9.59 Å². The molecule has 1 N–H and O–H groups in total. The fourth-order valence-corrected chi connectivity index (χ4v) is 4.48. The second-order valence-corrected chi connectivity index (χ2v) is 8.94. The number of nitrogens with zero attached hydrogens (tertiary/aromatic N) is 2. The second kappa shape index (κ2) is 8.22. The lowest BCUT2D eigenvalue weighted by molar-refractivity contribution is -0.128. The predicted molar refractivity (Wildman–Crippen MR) is 110 cm³/mol. The summed E-state index contributed by atoms with van der Waals surface area (Å²) in [6.45, 7) is 8.59. The molecule has 0 aliphatic carbocycles. The van der Waals surface area contributed by atoms with Gasteiger partial charge >= 0.3 is 0 Å². The Morgan fingerprint density at radius 1 is 1.14 bits per heavy atom. The van der Waals surface area contributed by atoms with Crippen LogP contribution in [0.3, 0.4) is 0 Å². The summed E-state index contributed by atoms with van der Waals surface area (Å²) in [5.41, 5.74) is 0.434. The number of amides is 2. The monoisotopic (exact) mass is 401 g/mol. The van der Waals surface area contributed by atoms with Crippen LogP contribution in [0.15, 0.2) is 18.2 Å². The molecule has 0 unspecified atom stereocenters. The maximum absolute atomic E-state index is 12.9. The van der Waals surface area contributed by atoms with Crippen molar-refractivity contribution in [2.75, 3.05) is 44.3 Å². The Balaban J connectivity index is 1.37. The van der Waals surface area contributed by atoms with Crippen molar-refractivity contribution in [2.24, 2.45) is 5.92 Å². The molecule has 1 aromatic carbocycles. The number of hydrogen-bond donors (Lipinski definition) is 1. The summed E-state index contributed by atoms with van der Waals surface area (Å²) in [6, 6.07) is 5.51. The smallest absolute Gasteiger partial charge is 0.227 e. The van der Waals surface area contributed by atoms with Crippen molar-refractivity contribution in [2.45, 2.75) is 45.1 Å². The Bertz CT molecular complexity index is 773. The highest BCUT2D eigenvalue weighted by atomic mass is 16.6. The van der Waals surface area contributed by atoms with Crippen molar-refractivity contribution < 1.29 is 19.1 Å². The van der Waals surface area contributed by atoms with Crippen molar-refractivity contribution in [3.05, 3.63) is 18.2 Å². The molecule has 1 atom stereocenters. The van der Waals surface area contributed by atoms with Gasteiger partial charge in [0.05, 0.1) is 5.92 Å². The summed E-state index contributed by atoms with van der Waals surface area (Å²) in [4.78, 5) is 29.6. The van der Waals surface area contributed by atoms with Crippen LogP contribution in [-0.2, 0) is 9.59 Å². The Morgan fingerprint density at radius 3 is 2.62 bits per heavy atom. The van der Waals surface area contributed by atoms with Gasteiger partial charge in [0, 0.05) is 36.8 Å². The molecule has 2 saturated heterocycles. The lowest BCUT2D eigenvalue weighted by Crippen LogP contribution is -2.54. The van der Waals surface area contributed by atoms with E-state index in [2.05, 4.69) is 24.1 Å². The van der Waals surface area contributed by atoms with E-state index in [9.17, 15) is 9.59 Å². The molecule has 29 heavy (non-hydrogen) atoms. The third-order valence-electron chi connectivity index (χ3n) is 5.86. The number of likely N-dealkylation sites (tertiary alicyclic amines) is 1. The molecule has 3 aliphatic rings. The van der Waals surface area contributed by atoms with Crippen molar-refractivity contribution in [1.82, 2.24) is 10.2 Å². The van der Waals surface area contributed by atoms with Crippen LogP contribution in [0.2, 0.25) is 0 Å². The normalized spacial score (nSPS) is 22.6. The first-order valence-electron chi connectivity index (χ1n) is 10.7. The summed E-state index contributed by atoms with van der Waals surface area (Å²) >= 11 is 0. The molecule has 3 heterocycles.